The molecule has 1 aliphatic rings. The first kappa shape index (κ1) is 20.8. The van der Waals surface area contributed by atoms with Crippen molar-refractivity contribution in [3.8, 4) is 23.1 Å². The van der Waals surface area contributed by atoms with E-state index in [9.17, 15) is 10.1 Å². The van der Waals surface area contributed by atoms with Gasteiger partial charge >= 0.3 is 0 Å². The summed E-state index contributed by atoms with van der Waals surface area (Å²) in [6, 6.07) is 13.9. The minimum atomic E-state index is -0.0442. The lowest BCUT2D eigenvalue weighted by Crippen LogP contribution is -2.37. The molecule has 1 aliphatic carbocycles. The lowest BCUT2D eigenvalue weighted by molar-refractivity contribution is -0.120. The molecule has 1 saturated carbocycles. The van der Waals surface area contributed by atoms with E-state index in [1.54, 1.807) is 6.20 Å². The number of nitrogens with one attached hydrogen (secondary N) is 1. The highest BCUT2D eigenvalue weighted by atomic mass is 16.5. The maximum atomic E-state index is 11.1. The fourth-order valence-electron chi connectivity index (χ4n) is 3.56. The van der Waals surface area contributed by atoms with E-state index in [0.29, 0.717) is 18.1 Å². The molecule has 0 spiro atoms. The van der Waals surface area contributed by atoms with Gasteiger partial charge in [-0.05, 0) is 44.2 Å². The second-order valence-electron chi connectivity index (χ2n) is 7.51. The fourth-order valence-corrected chi connectivity index (χ4v) is 3.56. The van der Waals surface area contributed by atoms with Crippen LogP contribution in [0, 0.1) is 11.3 Å². The summed E-state index contributed by atoms with van der Waals surface area (Å²) in [7, 11) is 0. The Morgan fingerprint density at radius 1 is 1.21 bits per heavy atom. The van der Waals surface area contributed by atoms with E-state index in [0.717, 1.165) is 36.8 Å². The highest BCUT2D eigenvalue weighted by Crippen LogP contribution is 2.28. The lowest BCUT2D eigenvalue weighted by atomic mass is 9.95. The topological polar surface area (TPSA) is 84.2 Å². The molecule has 3 rings (SSSR count). The number of hydrogen-bond donors (Lipinski definition) is 1. The van der Waals surface area contributed by atoms with Gasteiger partial charge < -0.3 is 14.8 Å². The molecule has 1 atom stereocenters. The molecule has 0 aliphatic heterocycles. The summed E-state index contributed by atoms with van der Waals surface area (Å²) in [5, 5.41) is 12.4. The van der Waals surface area contributed by atoms with Crippen LogP contribution in [0.25, 0.3) is 11.1 Å². The smallest absolute Gasteiger partial charge is 0.231 e. The second-order valence-corrected chi connectivity index (χ2v) is 7.51. The summed E-state index contributed by atoms with van der Waals surface area (Å²) in [5.41, 5.74) is 2.38. The quantitative estimate of drug-likeness (QED) is 0.772. The number of rotatable bonds is 7. The summed E-state index contributed by atoms with van der Waals surface area (Å²) in [6.45, 7) is 3.95. The molecule has 0 bridgehead atoms. The average Bonchev–Trinajstić information content (AvgIpc) is 2.73. The van der Waals surface area contributed by atoms with E-state index in [-0.39, 0.29) is 24.2 Å². The second kappa shape index (κ2) is 10.0. The number of carbonyl (C=O) groups is 1. The van der Waals surface area contributed by atoms with Crippen LogP contribution in [0.1, 0.15) is 45.1 Å². The Labute approximate surface area is 171 Å². The summed E-state index contributed by atoms with van der Waals surface area (Å²) < 4.78 is 12.0. The van der Waals surface area contributed by atoms with Gasteiger partial charge in [0.15, 0.2) is 0 Å². The van der Waals surface area contributed by atoms with Crippen LogP contribution in [-0.4, -0.2) is 35.7 Å². The zero-order valence-corrected chi connectivity index (χ0v) is 16.9. The van der Waals surface area contributed by atoms with Gasteiger partial charge in [0.25, 0.3) is 0 Å². The van der Waals surface area contributed by atoms with Crippen molar-refractivity contribution in [1.82, 2.24) is 10.3 Å². The van der Waals surface area contributed by atoms with Crippen molar-refractivity contribution in [2.75, 3.05) is 6.61 Å². The SMILES string of the molecule is CC(=O)N[C@@H](C)COC1CCC(Oc2ncc(-c3ccccc3)cc2C#N)CC1. The third-order valence-electron chi connectivity index (χ3n) is 5.01. The Morgan fingerprint density at radius 2 is 1.90 bits per heavy atom. The highest BCUT2D eigenvalue weighted by Gasteiger charge is 2.24. The van der Waals surface area contributed by atoms with E-state index in [1.807, 2.05) is 43.3 Å². The summed E-state index contributed by atoms with van der Waals surface area (Å²) in [4.78, 5) is 15.5. The van der Waals surface area contributed by atoms with Crippen LogP contribution in [0.5, 0.6) is 5.88 Å². The Hall–Kier alpha value is -2.91. The molecular weight excluding hydrogens is 366 g/mol. The maximum absolute atomic E-state index is 11.1. The van der Waals surface area contributed by atoms with Crippen molar-refractivity contribution in [2.45, 2.75) is 57.8 Å². The largest absolute Gasteiger partial charge is 0.473 e. The summed E-state index contributed by atoms with van der Waals surface area (Å²) >= 11 is 0. The average molecular weight is 393 g/mol. The van der Waals surface area contributed by atoms with Crippen molar-refractivity contribution in [3.63, 3.8) is 0 Å². The van der Waals surface area contributed by atoms with E-state index in [1.165, 1.54) is 6.92 Å². The Morgan fingerprint density at radius 3 is 2.55 bits per heavy atom. The molecule has 152 valence electrons. The van der Waals surface area contributed by atoms with Crippen LogP contribution in [0.3, 0.4) is 0 Å². The third kappa shape index (κ3) is 6.03. The summed E-state index contributed by atoms with van der Waals surface area (Å²) in [5.74, 6) is 0.355. The zero-order chi connectivity index (χ0) is 20.6. The number of hydrogen-bond acceptors (Lipinski definition) is 5. The summed E-state index contributed by atoms with van der Waals surface area (Å²) in [6.07, 6.45) is 5.45. The standard InChI is InChI=1S/C23H27N3O3/c1-16(26-17(2)27)15-28-21-8-10-22(11-9-21)29-23-19(13-24)12-20(14-25-23)18-6-4-3-5-7-18/h3-7,12,14,16,21-22H,8-11,15H2,1-2H3,(H,26,27)/t16-,21?,22?/m0/s1. The van der Waals surface area contributed by atoms with Gasteiger partial charge in [0.1, 0.15) is 17.7 Å². The minimum absolute atomic E-state index is 0.00647. The number of benzene rings is 1. The van der Waals surface area contributed by atoms with Gasteiger partial charge in [-0.2, -0.15) is 5.26 Å². The van der Waals surface area contributed by atoms with Gasteiger partial charge in [-0.3, -0.25) is 4.79 Å². The molecule has 0 saturated heterocycles. The monoisotopic (exact) mass is 393 g/mol. The van der Waals surface area contributed by atoms with Crippen LogP contribution in [0.4, 0.5) is 0 Å². The number of nitriles is 1. The highest BCUT2D eigenvalue weighted by molar-refractivity contribution is 5.73. The van der Waals surface area contributed by atoms with Crippen LogP contribution in [0.15, 0.2) is 42.6 Å². The Balaban J connectivity index is 1.52. The number of pyridine rings is 1. The first-order valence-corrected chi connectivity index (χ1v) is 10.1. The Bertz CT molecular complexity index is 855. The number of ether oxygens (including phenoxy) is 2. The first-order chi connectivity index (χ1) is 14.0. The van der Waals surface area contributed by atoms with Gasteiger partial charge in [0.2, 0.25) is 11.8 Å². The molecule has 1 N–H and O–H groups in total. The fraction of sp³-hybridized carbons (Fsp3) is 0.435. The zero-order valence-electron chi connectivity index (χ0n) is 16.9. The van der Waals surface area contributed by atoms with Crippen molar-refractivity contribution in [1.29, 1.82) is 5.26 Å². The number of carbonyl (C=O) groups excluding carboxylic acids is 1. The first-order valence-electron chi connectivity index (χ1n) is 10.1. The van der Waals surface area contributed by atoms with Gasteiger partial charge in [-0.1, -0.05) is 30.3 Å². The molecule has 0 radical (unpaired) electrons. The van der Waals surface area contributed by atoms with Crippen molar-refractivity contribution in [3.05, 3.63) is 48.2 Å². The third-order valence-corrected chi connectivity index (χ3v) is 5.01. The van der Waals surface area contributed by atoms with E-state index < -0.39 is 0 Å². The van der Waals surface area contributed by atoms with Crippen LogP contribution >= 0.6 is 0 Å². The van der Waals surface area contributed by atoms with Crippen LogP contribution < -0.4 is 10.1 Å². The predicted octanol–water partition coefficient (Wildman–Crippen LogP) is 3.85. The number of aromatic nitrogens is 1. The maximum Gasteiger partial charge on any atom is 0.231 e. The molecule has 1 fully saturated rings. The molecule has 0 unspecified atom stereocenters. The Kier molecular flexibility index (Phi) is 7.20. The van der Waals surface area contributed by atoms with Gasteiger partial charge in [-0.15, -0.1) is 0 Å². The van der Waals surface area contributed by atoms with Crippen LogP contribution in [-0.2, 0) is 9.53 Å². The molecule has 2 aromatic rings. The lowest BCUT2D eigenvalue weighted by Gasteiger charge is -2.29. The predicted molar refractivity (Wildman–Crippen MR) is 110 cm³/mol. The molecule has 29 heavy (non-hydrogen) atoms. The van der Waals surface area contributed by atoms with Gasteiger partial charge in [0, 0.05) is 24.7 Å². The normalized spacial score (nSPS) is 19.8. The molecular formula is C23H27N3O3. The molecule has 1 aromatic heterocycles. The van der Waals surface area contributed by atoms with Crippen molar-refractivity contribution < 1.29 is 14.3 Å². The minimum Gasteiger partial charge on any atom is -0.473 e. The molecule has 1 amide bonds. The number of nitrogens with zero attached hydrogens (tertiary/aromatic N) is 2. The van der Waals surface area contributed by atoms with Crippen molar-refractivity contribution >= 4 is 5.91 Å². The van der Waals surface area contributed by atoms with E-state index in [4.69, 9.17) is 9.47 Å². The molecule has 6 heteroatoms. The van der Waals surface area contributed by atoms with Crippen LogP contribution in [0.2, 0.25) is 0 Å². The van der Waals surface area contributed by atoms with E-state index in [2.05, 4.69) is 16.4 Å². The molecule has 1 aromatic carbocycles. The molecule has 6 nitrogen and oxygen atoms in total. The van der Waals surface area contributed by atoms with Gasteiger partial charge in [0.05, 0.1) is 12.7 Å². The van der Waals surface area contributed by atoms with Crippen molar-refractivity contribution in [2.24, 2.45) is 0 Å². The number of amides is 1. The van der Waals surface area contributed by atoms with E-state index >= 15 is 0 Å². The molecule has 1 heterocycles. The van der Waals surface area contributed by atoms with Gasteiger partial charge in [-0.25, -0.2) is 4.98 Å².